The molecule has 0 bridgehead atoms. The van der Waals surface area contributed by atoms with Gasteiger partial charge in [-0.25, -0.2) is 4.98 Å². The third kappa shape index (κ3) is 5.87. The second-order valence-electron chi connectivity index (χ2n) is 9.31. The number of carbonyl (C=O) groups excluding carboxylic acids is 1. The summed E-state index contributed by atoms with van der Waals surface area (Å²) >= 11 is 0. The van der Waals surface area contributed by atoms with Crippen LogP contribution in [0.4, 0.5) is 0 Å². The van der Waals surface area contributed by atoms with Crippen molar-refractivity contribution in [3.63, 3.8) is 0 Å². The second kappa shape index (κ2) is 10.7. The predicted octanol–water partition coefficient (Wildman–Crippen LogP) is 5.52. The van der Waals surface area contributed by atoms with E-state index >= 15 is 0 Å². The molecule has 0 radical (unpaired) electrons. The number of ether oxygens (including phenoxy) is 1. The first-order chi connectivity index (χ1) is 17.1. The number of piperidine rings is 1. The molecule has 1 aromatic heterocycles. The van der Waals surface area contributed by atoms with E-state index in [0.717, 1.165) is 48.9 Å². The minimum atomic E-state index is -0.0645. The number of carbonyl (C=O) groups is 1. The average Bonchev–Trinajstić information content (AvgIpc) is 2.89. The van der Waals surface area contributed by atoms with Crippen molar-refractivity contribution in [2.24, 2.45) is 0 Å². The number of aromatic nitrogens is 1. The van der Waals surface area contributed by atoms with Gasteiger partial charge in [0.2, 0.25) is 5.88 Å². The molecule has 1 amide bonds. The van der Waals surface area contributed by atoms with Crippen LogP contribution in [0.5, 0.6) is 5.88 Å². The Kier molecular flexibility index (Phi) is 7.05. The number of nitrogens with one attached hydrogen (secondary N) is 1. The van der Waals surface area contributed by atoms with Crippen molar-refractivity contribution in [3.8, 4) is 5.88 Å². The summed E-state index contributed by atoms with van der Waals surface area (Å²) in [6.45, 7) is 5.38. The number of amides is 1. The Morgan fingerprint density at radius 1 is 0.943 bits per heavy atom. The van der Waals surface area contributed by atoms with Gasteiger partial charge in [-0.05, 0) is 37.0 Å². The molecular weight excluding hydrogens is 434 g/mol. The van der Waals surface area contributed by atoms with Gasteiger partial charge >= 0.3 is 0 Å². The van der Waals surface area contributed by atoms with Crippen molar-refractivity contribution in [1.29, 1.82) is 0 Å². The molecule has 1 aliphatic rings. The van der Waals surface area contributed by atoms with E-state index in [1.54, 1.807) is 6.07 Å². The number of hydrogen-bond acceptors (Lipinski definition) is 4. The van der Waals surface area contributed by atoms with Gasteiger partial charge in [-0.1, -0.05) is 78.4 Å². The number of rotatable bonds is 7. The zero-order chi connectivity index (χ0) is 24.0. The highest BCUT2D eigenvalue weighted by molar-refractivity contribution is 6.06. The Morgan fingerprint density at radius 3 is 2.43 bits per heavy atom. The van der Waals surface area contributed by atoms with E-state index in [2.05, 4.69) is 58.5 Å². The fraction of sp³-hybridized carbons (Fsp3) is 0.267. The molecule has 1 N–H and O–H groups in total. The van der Waals surface area contributed by atoms with E-state index in [0.29, 0.717) is 18.1 Å². The zero-order valence-corrected chi connectivity index (χ0v) is 20.1. The van der Waals surface area contributed by atoms with Crippen LogP contribution in [0.25, 0.3) is 10.9 Å². The molecule has 1 aliphatic heterocycles. The molecule has 0 saturated carbocycles. The Hall–Kier alpha value is -3.70. The summed E-state index contributed by atoms with van der Waals surface area (Å²) in [6, 6.07) is 28.5. The summed E-state index contributed by atoms with van der Waals surface area (Å²) in [5.74, 6) is 0.400. The van der Waals surface area contributed by atoms with Crippen molar-refractivity contribution in [2.45, 2.75) is 39.0 Å². The van der Waals surface area contributed by atoms with E-state index in [9.17, 15) is 4.79 Å². The third-order valence-electron chi connectivity index (χ3n) is 6.62. The average molecular weight is 466 g/mol. The number of para-hydroxylation sites is 1. The summed E-state index contributed by atoms with van der Waals surface area (Å²) in [7, 11) is 0. The van der Waals surface area contributed by atoms with Crippen molar-refractivity contribution in [3.05, 3.63) is 107 Å². The van der Waals surface area contributed by atoms with Crippen LogP contribution in [-0.4, -0.2) is 34.9 Å². The molecule has 178 valence electrons. The fourth-order valence-electron chi connectivity index (χ4n) is 4.59. The highest BCUT2D eigenvalue weighted by Gasteiger charge is 2.22. The summed E-state index contributed by atoms with van der Waals surface area (Å²) in [6.07, 6.45) is 1.89. The number of fused-ring (bicyclic) bond motifs is 1. The van der Waals surface area contributed by atoms with Gasteiger partial charge in [0.1, 0.15) is 6.61 Å². The van der Waals surface area contributed by atoms with Crippen LogP contribution in [0, 0.1) is 6.92 Å². The fourth-order valence-corrected chi connectivity index (χ4v) is 4.59. The summed E-state index contributed by atoms with van der Waals surface area (Å²) in [5.41, 5.74) is 4.98. The number of hydrogen-bond donors (Lipinski definition) is 1. The standard InChI is InChI=1S/C30H31N3O2/c1-22-11-13-24(14-12-22)21-35-29-19-27(26-9-5-6-10-28(26)32-29)30(34)31-25-15-17-33(18-16-25)20-23-7-3-2-4-8-23/h2-14,19,25H,15-18,20-21H2,1H3,(H,31,34). The number of benzene rings is 3. The Morgan fingerprint density at radius 2 is 1.66 bits per heavy atom. The largest absolute Gasteiger partial charge is 0.473 e. The predicted molar refractivity (Wildman–Crippen MR) is 139 cm³/mol. The lowest BCUT2D eigenvalue weighted by atomic mass is 10.0. The highest BCUT2D eigenvalue weighted by Crippen LogP contribution is 2.24. The van der Waals surface area contributed by atoms with Crippen molar-refractivity contribution in [2.75, 3.05) is 13.1 Å². The van der Waals surface area contributed by atoms with Gasteiger partial charge in [0.25, 0.3) is 5.91 Å². The minimum absolute atomic E-state index is 0.0645. The first kappa shape index (κ1) is 23.1. The quantitative estimate of drug-likeness (QED) is 0.391. The van der Waals surface area contributed by atoms with Gasteiger partial charge < -0.3 is 10.1 Å². The second-order valence-corrected chi connectivity index (χ2v) is 9.31. The monoisotopic (exact) mass is 465 g/mol. The van der Waals surface area contributed by atoms with Crippen LogP contribution in [0.15, 0.2) is 84.9 Å². The molecule has 5 heteroatoms. The molecule has 1 fully saturated rings. The van der Waals surface area contributed by atoms with Crippen LogP contribution in [0.1, 0.15) is 39.9 Å². The van der Waals surface area contributed by atoms with Crippen LogP contribution in [0.2, 0.25) is 0 Å². The van der Waals surface area contributed by atoms with Crippen LogP contribution < -0.4 is 10.1 Å². The molecule has 35 heavy (non-hydrogen) atoms. The molecule has 0 spiro atoms. The number of aryl methyl sites for hydroxylation is 1. The molecule has 3 aromatic carbocycles. The van der Waals surface area contributed by atoms with Crippen molar-refractivity contribution in [1.82, 2.24) is 15.2 Å². The first-order valence-electron chi connectivity index (χ1n) is 12.3. The molecule has 0 atom stereocenters. The molecule has 5 rings (SSSR count). The van der Waals surface area contributed by atoms with Gasteiger partial charge in [0, 0.05) is 37.1 Å². The SMILES string of the molecule is Cc1ccc(COc2cc(C(=O)NC3CCN(Cc4ccccc4)CC3)c3ccccc3n2)cc1. The normalized spacial score (nSPS) is 14.7. The van der Waals surface area contributed by atoms with Crippen molar-refractivity contribution < 1.29 is 9.53 Å². The number of likely N-dealkylation sites (tertiary alicyclic amines) is 1. The maximum absolute atomic E-state index is 13.4. The maximum Gasteiger partial charge on any atom is 0.252 e. The maximum atomic E-state index is 13.4. The molecular formula is C30H31N3O2. The Labute approximate surface area is 206 Å². The molecule has 1 saturated heterocycles. The van der Waals surface area contributed by atoms with Crippen molar-refractivity contribution >= 4 is 16.8 Å². The molecule has 0 unspecified atom stereocenters. The number of nitrogens with zero attached hydrogens (tertiary/aromatic N) is 2. The lowest BCUT2D eigenvalue weighted by molar-refractivity contribution is 0.0910. The molecule has 0 aliphatic carbocycles. The summed E-state index contributed by atoms with van der Waals surface area (Å²) < 4.78 is 5.99. The van der Waals surface area contributed by atoms with E-state index in [4.69, 9.17) is 4.74 Å². The zero-order valence-electron chi connectivity index (χ0n) is 20.1. The van der Waals surface area contributed by atoms with Gasteiger partial charge in [-0.15, -0.1) is 0 Å². The van der Waals surface area contributed by atoms with E-state index in [-0.39, 0.29) is 11.9 Å². The van der Waals surface area contributed by atoms with Gasteiger partial charge in [-0.3, -0.25) is 9.69 Å². The van der Waals surface area contributed by atoms with E-state index in [1.165, 1.54) is 11.1 Å². The van der Waals surface area contributed by atoms with Gasteiger partial charge in [0.15, 0.2) is 0 Å². The van der Waals surface area contributed by atoms with Crippen LogP contribution in [0.3, 0.4) is 0 Å². The molecule has 4 aromatic rings. The number of pyridine rings is 1. The Bertz CT molecular complexity index is 1280. The minimum Gasteiger partial charge on any atom is -0.473 e. The third-order valence-corrected chi connectivity index (χ3v) is 6.62. The topological polar surface area (TPSA) is 54.5 Å². The molecule has 5 nitrogen and oxygen atoms in total. The summed E-state index contributed by atoms with van der Waals surface area (Å²) in [4.78, 5) is 20.4. The van der Waals surface area contributed by atoms with Crippen LogP contribution >= 0.6 is 0 Å². The molecule has 2 heterocycles. The van der Waals surface area contributed by atoms with E-state index < -0.39 is 0 Å². The Balaban J connectivity index is 1.25. The highest BCUT2D eigenvalue weighted by atomic mass is 16.5. The summed E-state index contributed by atoms with van der Waals surface area (Å²) in [5, 5.41) is 4.11. The van der Waals surface area contributed by atoms with Gasteiger partial charge in [-0.2, -0.15) is 0 Å². The lowest BCUT2D eigenvalue weighted by Gasteiger charge is -2.32. The van der Waals surface area contributed by atoms with Crippen LogP contribution in [-0.2, 0) is 13.2 Å². The smallest absolute Gasteiger partial charge is 0.252 e. The van der Waals surface area contributed by atoms with Gasteiger partial charge in [0.05, 0.1) is 11.1 Å². The van der Waals surface area contributed by atoms with E-state index in [1.807, 2.05) is 42.5 Å². The first-order valence-corrected chi connectivity index (χ1v) is 12.3. The lowest BCUT2D eigenvalue weighted by Crippen LogP contribution is -2.44.